The SMILES string of the molecule is CC.Cc1ccc(Cn2ccc3cc(N[C@H]4CCNC4)ccc3c2=O)cc1. The Bertz CT molecular complexity index is 938. The smallest absolute Gasteiger partial charge is 0.258 e. The van der Waals surface area contributed by atoms with E-state index >= 15 is 0 Å². The highest BCUT2D eigenvalue weighted by Crippen LogP contribution is 2.18. The zero-order valence-corrected chi connectivity index (χ0v) is 16.5. The molecule has 3 aromatic rings. The summed E-state index contributed by atoms with van der Waals surface area (Å²) < 4.78 is 1.78. The van der Waals surface area contributed by atoms with Gasteiger partial charge in [0.2, 0.25) is 0 Å². The number of hydrogen-bond acceptors (Lipinski definition) is 3. The minimum atomic E-state index is 0.0622. The van der Waals surface area contributed by atoms with Crippen LogP contribution >= 0.6 is 0 Å². The van der Waals surface area contributed by atoms with E-state index in [4.69, 9.17) is 0 Å². The summed E-state index contributed by atoms with van der Waals surface area (Å²) in [6, 6.07) is 16.8. The van der Waals surface area contributed by atoms with Crippen LogP contribution in [-0.4, -0.2) is 23.7 Å². The fourth-order valence-electron chi connectivity index (χ4n) is 3.41. The number of benzene rings is 2. The van der Waals surface area contributed by atoms with Crippen LogP contribution in [0.3, 0.4) is 0 Å². The highest BCUT2D eigenvalue weighted by molar-refractivity contribution is 5.84. The van der Waals surface area contributed by atoms with E-state index in [-0.39, 0.29) is 5.56 Å². The Morgan fingerprint density at radius 1 is 1.11 bits per heavy atom. The average Bonchev–Trinajstić information content (AvgIpc) is 3.20. The summed E-state index contributed by atoms with van der Waals surface area (Å²) >= 11 is 0. The van der Waals surface area contributed by atoms with E-state index in [1.54, 1.807) is 4.57 Å². The fourth-order valence-corrected chi connectivity index (χ4v) is 3.41. The number of hydrogen-bond donors (Lipinski definition) is 2. The maximum absolute atomic E-state index is 12.8. The maximum Gasteiger partial charge on any atom is 0.258 e. The van der Waals surface area contributed by atoms with Crippen LogP contribution in [0.1, 0.15) is 31.4 Å². The van der Waals surface area contributed by atoms with Gasteiger partial charge in [0.25, 0.3) is 5.56 Å². The second-order valence-corrected chi connectivity index (χ2v) is 6.87. The Kier molecular flexibility index (Phi) is 6.30. The minimum absolute atomic E-state index is 0.0622. The average molecular weight is 364 g/mol. The molecule has 142 valence electrons. The van der Waals surface area contributed by atoms with Gasteiger partial charge in [-0.05, 0) is 55.1 Å². The summed E-state index contributed by atoms with van der Waals surface area (Å²) in [4.78, 5) is 12.8. The van der Waals surface area contributed by atoms with E-state index in [1.807, 2.05) is 38.2 Å². The van der Waals surface area contributed by atoms with E-state index in [0.29, 0.717) is 12.6 Å². The molecule has 0 unspecified atom stereocenters. The number of nitrogens with zero attached hydrogens (tertiary/aromatic N) is 1. The molecule has 2 heterocycles. The molecule has 1 fully saturated rings. The van der Waals surface area contributed by atoms with Crippen molar-refractivity contribution in [3.8, 4) is 0 Å². The molecule has 1 aliphatic heterocycles. The molecule has 0 amide bonds. The molecule has 2 N–H and O–H groups in total. The van der Waals surface area contributed by atoms with Crippen LogP contribution in [0, 0.1) is 6.92 Å². The first-order valence-corrected chi connectivity index (χ1v) is 9.85. The lowest BCUT2D eigenvalue weighted by Gasteiger charge is -2.14. The monoisotopic (exact) mass is 363 g/mol. The zero-order valence-electron chi connectivity index (χ0n) is 16.5. The molecule has 1 aliphatic rings. The summed E-state index contributed by atoms with van der Waals surface area (Å²) in [6.45, 7) is 8.73. The highest BCUT2D eigenvalue weighted by atomic mass is 16.1. The molecule has 0 bridgehead atoms. The lowest BCUT2D eigenvalue weighted by atomic mass is 10.1. The van der Waals surface area contributed by atoms with E-state index < -0.39 is 0 Å². The van der Waals surface area contributed by atoms with Crippen LogP contribution in [0.2, 0.25) is 0 Å². The first-order valence-electron chi connectivity index (χ1n) is 9.85. The van der Waals surface area contributed by atoms with Gasteiger partial charge in [-0.2, -0.15) is 0 Å². The highest BCUT2D eigenvalue weighted by Gasteiger charge is 2.14. The number of pyridine rings is 1. The Morgan fingerprint density at radius 3 is 2.59 bits per heavy atom. The van der Waals surface area contributed by atoms with Crippen LogP contribution in [-0.2, 0) is 6.54 Å². The van der Waals surface area contributed by atoms with Gasteiger partial charge in [0, 0.05) is 29.9 Å². The van der Waals surface area contributed by atoms with Crippen LogP contribution < -0.4 is 16.2 Å². The Morgan fingerprint density at radius 2 is 1.89 bits per heavy atom. The van der Waals surface area contributed by atoms with Gasteiger partial charge >= 0.3 is 0 Å². The molecule has 4 nitrogen and oxygen atoms in total. The number of aromatic nitrogens is 1. The second kappa shape index (κ2) is 8.87. The van der Waals surface area contributed by atoms with E-state index in [0.717, 1.165) is 41.5 Å². The van der Waals surface area contributed by atoms with Crippen LogP contribution in [0.15, 0.2) is 59.5 Å². The van der Waals surface area contributed by atoms with Gasteiger partial charge in [0.1, 0.15) is 0 Å². The first-order chi connectivity index (χ1) is 13.2. The largest absolute Gasteiger partial charge is 0.381 e. The number of nitrogens with one attached hydrogen (secondary N) is 2. The lowest BCUT2D eigenvalue weighted by molar-refractivity contribution is 0.767. The van der Waals surface area contributed by atoms with E-state index in [9.17, 15) is 4.79 Å². The zero-order chi connectivity index (χ0) is 19.2. The predicted octanol–water partition coefficient (Wildman–Crippen LogP) is 4.16. The standard InChI is InChI=1S/C21H23N3O.C2H6/c1-15-2-4-16(5-3-15)14-24-11-9-17-12-18(6-7-20(17)21(24)25)23-19-8-10-22-13-19;1-2/h2-7,9,11-12,19,22-23H,8,10,13-14H2,1H3;1-2H3/t19-;/m0./s1. The lowest BCUT2D eigenvalue weighted by Crippen LogP contribution is -2.22. The summed E-state index contributed by atoms with van der Waals surface area (Å²) in [5.41, 5.74) is 3.51. The van der Waals surface area contributed by atoms with Gasteiger partial charge in [-0.1, -0.05) is 43.7 Å². The molecule has 0 radical (unpaired) electrons. The molecular weight excluding hydrogens is 334 g/mol. The molecule has 4 heteroatoms. The van der Waals surface area contributed by atoms with Crippen LogP contribution in [0.4, 0.5) is 5.69 Å². The van der Waals surface area contributed by atoms with Crippen molar-refractivity contribution in [1.29, 1.82) is 0 Å². The Balaban J connectivity index is 0.00000102. The van der Waals surface area contributed by atoms with Gasteiger partial charge in [0.05, 0.1) is 6.54 Å². The van der Waals surface area contributed by atoms with Crippen molar-refractivity contribution >= 4 is 16.5 Å². The maximum atomic E-state index is 12.8. The third-order valence-electron chi connectivity index (χ3n) is 4.88. The molecule has 1 saturated heterocycles. The van der Waals surface area contributed by atoms with Crippen molar-refractivity contribution in [2.45, 2.75) is 39.8 Å². The number of anilines is 1. The molecule has 0 saturated carbocycles. The fraction of sp³-hybridized carbons (Fsp3) is 0.348. The first kappa shape index (κ1) is 19.2. The normalized spacial score (nSPS) is 16.0. The summed E-state index contributed by atoms with van der Waals surface area (Å²) in [7, 11) is 0. The van der Waals surface area contributed by atoms with Crippen molar-refractivity contribution in [3.05, 3.63) is 76.2 Å². The minimum Gasteiger partial charge on any atom is -0.381 e. The van der Waals surface area contributed by atoms with Crippen LogP contribution in [0.25, 0.3) is 10.8 Å². The number of aryl methyl sites for hydroxylation is 1. The van der Waals surface area contributed by atoms with Crippen molar-refractivity contribution in [2.75, 3.05) is 18.4 Å². The van der Waals surface area contributed by atoms with Gasteiger partial charge < -0.3 is 15.2 Å². The molecule has 2 aromatic carbocycles. The molecule has 1 aromatic heterocycles. The molecule has 0 aliphatic carbocycles. The second-order valence-electron chi connectivity index (χ2n) is 6.87. The molecule has 1 atom stereocenters. The topological polar surface area (TPSA) is 46.1 Å². The van der Waals surface area contributed by atoms with Gasteiger partial charge in [-0.25, -0.2) is 0 Å². The quantitative estimate of drug-likeness (QED) is 0.732. The summed E-state index contributed by atoms with van der Waals surface area (Å²) in [6.07, 6.45) is 3.03. The van der Waals surface area contributed by atoms with Gasteiger partial charge in [-0.15, -0.1) is 0 Å². The van der Waals surface area contributed by atoms with Crippen molar-refractivity contribution < 1.29 is 0 Å². The Hall–Kier alpha value is -2.59. The van der Waals surface area contributed by atoms with E-state index in [1.165, 1.54) is 5.56 Å². The third-order valence-corrected chi connectivity index (χ3v) is 4.88. The molecule has 0 spiro atoms. The molecule has 27 heavy (non-hydrogen) atoms. The van der Waals surface area contributed by atoms with Crippen molar-refractivity contribution in [2.24, 2.45) is 0 Å². The number of fused-ring (bicyclic) bond motifs is 1. The van der Waals surface area contributed by atoms with Crippen molar-refractivity contribution in [3.63, 3.8) is 0 Å². The molecule has 4 rings (SSSR count). The van der Waals surface area contributed by atoms with Crippen molar-refractivity contribution in [1.82, 2.24) is 9.88 Å². The van der Waals surface area contributed by atoms with E-state index in [2.05, 4.69) is 47.9 Å². The van der Waals surface area contributed by atoms with Gasteiger partial charge in [0.15, 0.2) is 0 Å². The predicted molar refractivity (Wildman–Crippen MR) is 115 cm³/mol. The number of rotatable bonds is 4. The summed E-state index contributed by atoms with van der Waals surface area (Å²) in [5.74, 6) is 0. The molecular formula is C23H29N3O. The Labute approximate surface area is 161 Å². The van der Waals surface area contributed by atoms with Gasteiger partial charge in [-0.3, -0.25) is 4.79 Å². The summed E-state index contributed by atoms with van der Waals surface area (Å²) in [5, 5.41) is 8.65. The third kappa shape index (κ3) is 4.58. The van der Waals surface area contributed by atoms with Crippen LogP contribution in [0.5, 0.6) is 0 Å².